The van der Waals surface area contributed by atoms with Crippen LogP contribution >= 0.6 is 0 Å². The third kappa shape index (κ3) is 4.84. The van der Waals surface area contributed by atoms with E-state index < -0.39 is 0 Å². The molecule has 0 bridgehead atoms. The molecule has 0 spiro atoms. The summed E-state index contributed by atoms with van der Waals surface area (Å²) in [6, 6.07) is 8.86. The molecule has 0 aromatic heterocycles. The Balaban J connectivity index is 1.71. The second-order valence-electron chi connectivity index (χ2n) is 5.42. The molecule has 1 N–H and O–H groups in total. The highest BCUT2D eigenvalue weighted by molar-refractivity contribution is 5.27. The summed E-state index contributed by atoms with van der Waals surface area (Å²) < 4.78 is 10.6. The Kier molecular flexibility index (Phi) is 5.67. The summed E-state index contributed by atoms with van der Waals surface area (Å²) in [6.07, 6.45) is 3.46. The van der Waals surface area contributed by atoms with E-state index in [1.165, 1.54) is 18.4 Å². The molecule has 3 heteroatoms. The molecule has 3 nitrogen and oxygen atoms in total. The number of benzene rings is 1. The monoisotopic (exact) mass is 263 g/mol. The standard InChI is InChI=1S/C16H25NO2/c1-13(17-12-15-7-9-19-10-8-15)11-14-3-5-16(18-2)6-4-14/h3-6,13,15,17H,7-12H2,1-2H3. The highest BCUT2D eigenvalue weighted by Crippen LogP contribution is 2.15. The first-order valence-electron chi connectivity index (χ1n) is 7.22. The molecule has 19 heavy (non-hydrogen) atoms. The molecule has 1 atom stereocenters. The molecule has 0 saturated carbocycles. The first kappa shape index (κ1) is 14.4. The Morgan fingerprint density at radius 1 is 1.26 bits per heavy atom. The van der Waals surface area contributed by atoms with Gasteiger partial charge in [-0.3, -0.25) is 0 Å². The molecule has 106 valence electrons. The van der Waals surface area contributed by atoms with E-state index in [9.17, 15) is 0 Å². The van der Waals surface area contributed by atoms with Gasteiger partial charge in [-0.05, 0) is 56.3 Å². The van der Waals surface area contributed by atoms with Crippen LogP contribution in [0.1, 0.15) is 25.3 Å². The van der Waals surface area contributed by atoms with E-state index in [-0.39, 0.29) is 0 Å². The molecule has 2 rings (SSSR count). The Bertz CT molecular complexity index is 358. The Morgan fingerprint density at radius 3 is 2.58 bits per heavy atom. The summed E-state index contributed by atoms with van der Waals surface area (Å²) in [6.45, 7) is 5.22. The first-order chi connectivity index (χ1) is 9.28. The third-order valence-electron chi connectivity index (χ3n) is 3.80. The predicted octanol–water partition coefficient (Wildman–Crippen LogP) is 2.64. The van der Waals surface area contributed by atoms with Crippen LogP contribution in [0.4, 0.5) is 0 Å². The van der Waals surface area contributed by atoms with Crippen LogP contribution in [-0.2, 0) is 11.2 Å². The van der Waals surface area contributed by atoms with Crippen molar-refractivity contribution in [3.8, 4) is 5.75 Å². The summed E-state index contributed by atoms with van der Waals surface area (Å²) in [4.78, 5) is 0. The Hall–Kier alpha value is -1.06. The highest BCUT2D eigenvalue weighted by Gasteiger charge is 2.14. The van der Waals surface area contributed by atoms with Gasteiger partial charge in [0, 0.05) is 19.3 Å². The molecule has 1 aromatic rings. The van der Waals surface area contributed by atoms with Crippen molar-refractivity contribution in [1.29, 1.82) is 0 Å². The van der Waals surface area contributed by atoms with Crippen LogP contribution in [-0.4, -0.2) is 32.9 Å². The molecule has 1 aliphatic heterocycles. The summed E-state index contributed by atoms with van der Waals surface area (Å²) in [5, 5.41) is 3.64. The van der Waals surface area contributed by atoms with Crippen LogP contribution in [0.25, 0.3) is 0 Å². The Labute approximate surface area is 116 Å². The fourth-order valence-electron chi connectivity index (χ4n) is 2.51. The van der Waals surface area contributed by atoms with E-state index in [0.29, 0.717) is 6.04 Å². The van der Waals surface area contributed by atoms with Crippen LogP contribution in [0.2, 0.25) is 0 Å². The van der Waals surface area contributed by atoms with Crippen LogP contribution in [0.15, 0.2) is 24.3 Å². The van der Waals surface area contributed by atoms with Crippen LogP contribution in [0.3, 0.4) is 0 Å². The molecule has 1 saturated heterocycles. The van der Waals surface area contributed by atoms with E-state index in [1.54, 1.807) is 7.11 Å². The van der Waals surface area contributed by atoms with Crippen LogP contribution in [0.5, 0.6) is 5.75 Å². The summed E-state index contributed by atoms with van der Waals surface area (Å²) in [7, 11) is 1.70. The van der Waals surface area contributed by atoms with Gasteiger partial charge in [-0.25, -0.2) is 0 Å². The van der Waals surface area contributed by atoms with Gasteiger partial charge in [-0.2, -0.15) is 0 Å². The van der Waals surface area contributed by atoms with Gasteiger partial charge < -0.3 is 14.8 Å². The van der Waals surface area contributed by atoms with Gasteiger partial charge in [0.15, 0.2) is 0 Å². The SMILES string of the molecule is COc1ccc(CC(C)NCC2CCOCC2)cc1. The van der Waals surface area contributed by atoms with Crippen molar-refractivity contribution in [3.63, 3.8) is 0 Å². The second kappa shape index (κ2) is 7.51. The molecule has 0 aliphatic carbocycles. The molecule has 1 aliphatic rings. The lowest BCUT2D eigenvalue weighted by Crippen LogP contribution is -2.34. The average Bonchev–Trinajstić information content (AvgIpc) is 2.47. The fraction of sp³-hybridized carbons (Fsp3) is 0.625. The van der Waals surface area contributed by atoms with Crippen molar-refractivity contribution in [3.05, 3.63) is 29.8 Å². The minimum absolute atomic E-state index is 0.510. The molecule has 1 fully saturated rings. The zero-order valence-corrected chi connectivity index (χ0v) is 12.0. The smallest absolute Gasteiger partial charge is 0.118 e. The zero-order chi connectivity index (χ0) is 13.5. The average molecular weight is 263 g/mol. The predicted molar refractivity (Wildman–Crippen MR) is 77.7 cm³/mol. The topological polar surface area (TPSA) is 30.5 Å². The number of ether oxygens (including phenoxy) is 2. The number of methoxy groups -OCH3 is 1. The van der Waals surface area contributed by atoms with Gasteiger partial charge in [-0.1, -0.05) is 12.1 Å². The number of rotatable bonds is 6. The Morgan fingerprint density at radius 2 is 1.95 bits per heavy atom. The van der Waals surface area contributed by atoms with E-state index in [1.807, 2.05) is 12.1 Å². The lowest BCUT2D eigenvalue weighted by molar-refractivity contribution is 0.0656. The van der Waals surface area contributed by atoms with Gasteiger partial charge >= 0.3 is 0 Å². The van der Waals surface area contributed by atoms with Crippen molar-refractivity contribution < 1.29 is 9.47 Å². The molecular weight excluding hydrogens is 238 g/mol. The molecule has 0 amide bonds. The number of hydrogen-bond acceptors (Lipinski definition) is 3. The van der Waals surface area contributed by atoms with E-state index in [4.69, 9.17) is 9.47 Å². The van der Waals surface area contributed by atoms with Crippen molar-refractivity contribution in [2.75, 3.05) is 26.9 Å². The molecule has 1 aromatic carbocycles. The van der Waals surface area contributed by atoms with Crippen molar-refractivity contribution >= 4 is 0 Å². The molecular formula is C16H25NO2. The van der Waals surface area contributed by atoms with Crippen molar-refractivity contribution in [2.24, 2.45) is 5.92 Å². The van der Waals surface area contributed by atoms with Gasteiger partial charge in [0.05, 0.1) is 7.11 Å². The van der Waals surface area contributed by atoms with Crippen LogP contribution < -0.4 is 10.1 Å². The number of hydrogen-bond donors (Lipinski definition) is 1. The normalized spacial score (nSPS) is 18.2. The third-order valence-corrected chi connectivity index (χ3v) is 3.80. The van der Waals surface area contributed by atoms with Gasteiger partial charge in [0.1, 0.15) is 5.75 Å². The molecule has 0 radical (unpaired) electrons. The maximum atomic E-state index is 5.38. The summed E-state index contributed by atoms with van der Waals surface area (Å²) in [5.74, 6) is 1.71. The first-order valence-corrected chi connectivity index (χ1v) is 7.22. The van der Waals surface area contributed by atoms with Crippen LogP contribution in [0, 0.1) is 5.92 Å². The quantitative estimate of drug-likeness (QED) is 0.856. The maximum absolute atomic E-state index is 5.38. The summed E-state index contributed by atoms with van der Waals surface area (Å²) >= 11 is 0. The fourth-order valence-corrected chi connectivity index (χ4v) is 2.51. The molecule has 1 heterocycles. The number of nitrogens with one attached hydrogen (secondary N) is 1. The van der Waals surface area contributed by atoms with Gasteiger partial charge in [0.25, 0.3) is 0 Å². The van der Waals surface area contributed by atoms with E-state index >= 15 is 0 Å². The summed E-state index contributed by atoms with van der Waals surface area (Å²) in [5.41, 5.74) is 1.35. The van der Waals surface area contributed by atoms with E-state index in [2.05, 4.69) is 24.4 Å². The largest absolute Gasteiger partial charge is 0.497 e. The lowest BCUT2D eigenvalue weighted by Gasteiger charge is -2.24. The van der Waals surface area contributed by atoms with Crippen molar-refractivity contribution in [2.45, 2.75) is 32.2 Å². The van der Waals surface area contributed by atoms with Gasteiger partial charge in [-0.15, -0.1) is 0 Å². The van der Waals surface area contributed by atoms with Crippen molar-refractivity contribution in [1.82, 2.24) is 5.32 Å². The minimum Gasteiger partial charge on any atom is -0.497 e. The maximum Gasteiger partial charge on any atom is 0.118 e. The highest BCUT2D eigenvalue weighted by atomic mass is 16.5. The lowest BCUT2D eigenvalue weighted by atomic mass is 9.99. The zero-order valence-electron chi connectivity index (χ0n) is 12.0. The van der Waals surface area contributed by atoms with E-state index in [0.717, 1.165) is 37.8 Å². The molecule has 1 unspecified atom stereocenters. The van der Waals surface area contributed by atoms with Gasteiger partial charge in [0.2, 0.25) is 0 Å². The minimum atomic E-state index is 0.510. The second-order valence-corrected chi connectivity index (χ2v) is 5.42.